The predicted molar refractivity (Wildman–Crippen MR) is 85.3 cm³/mol. The van der Waals surface area contributed by atoms with Crippen LogP contribution in [-0.2, 0) is 21.2 Å². The fourth-order valence-corrected chi connectivity index (χ4v) is 2.57. The molecule has 1 aromatic heterocycles. The molecule has 1 N–H and O–H groups in total. The Morgan fingerprint density at radius 3 is 2.73 bits per heavy atom. The molecule has 0 fully saturated rings. The lowest BCUT2D eigenvalue weighted by atomic mass is 10.2. The van der Waals surface area contributed by atoms with Crippen molar-refractivity contribution in [3.05, 3.63) is 47.2 Å². The van der Waals surface area contributed by atoms with E-state index in [1.807, 2.05) is 12.1 Å². The number of rotatable bonds is 6. The number of sulfone groups is 1. The van der Waals surface area contributed by atoms with Crippen molar-refractivity contribution in [1.29, 1.82) is 0 Å². The maximum Gasteiger partial charge on any atom is 0.221 e. The molecule has 0 aliphatic rings. The van der Waals surface area contributed by atoms with Gasteiger partial charge in [-0.25, -0.2) is 8.42 Å². The zero-order valence-electron chi connectivity index (χ0n) is 12.0. The van der Waals surface area contributed by atoms with Crippen LogP contribution in [0.2, 0.25) is 5.02 Å². The second kappa shape index (κ2) is 6.98. The smallest absolute Gasteiger partial charge is 0.221 e. The van der Waals surface area contributed by atoms with E-state index in [1.54, 1.807) is 24.3 Å². The van der Waals surface area contributed by atoms with Crippen LogP contribution in [-0.4, -0.2) is 26.3 Å². The van der Waals surface area contributed by atoms with E-state index < -0.39 is 9.84 Å². The van der Waals surface area contributed by atoms with E-state index in [0.717, 1.165) is 11.8 Å². The van der Waals surface area contributed by atoms with Crippen LogP contribution in [0.1, 0.15) is 12.2 Å². The maximum atomic E-state index is 11.5. The normalized spacial score (nSPS) is 11.4. The number of furan rings is 1. The Morgan fingerprint density at radius 1 is 1.27 bits per heavy atom. The van der Waals surface area contributed by atoms with E-state index in [1.165, 1.54) is 0 Å². The molecule has 1 aromatic carbocycles. The van der Waals surface area contributed by atoms with Crippen molar-refractivity contribution in [2.75, 3.05) is 12.0 Å². The summed E-state index contributed by atoms with van der Waals surface area (Å²) in [6, 6.07) is 10.8. The summed E-state index contributed by atoms with van der Waals surface area (Å²) < 4.78 is 27.6. The summed E-state index contributed by atoms with van der Waals surface area (Å²) >= 11 is 5.93. The van der Waals surface area contributed by atoms with Gasteiger partial charge in [-0.05, 0) is 24.3 Å². The minimum atomic E-state index is -3.13. The van der Waals surface area contributed by atoms with E-state index in [0.29, 0.717) is 16.5 Å². The Balaban J connectivity index is 1.91. The third-order valence-corrected chi connectivity index (χ3v) is 4.11. The molecule has 2 rings (SSSR count). The van der Waals surface area contributed by atoms with Crippen LogP contribution >= 0.6 is 11.6 Å². The van der Waals surface area contributed by atoms with Crippen LogP contribution in [0.25, 0.3) is 11.3 Å². The van der Waals surface area contributed by atoms with Crippen molar-refractivity contribution in [2.45, 2.75) is 13.0 Å². The van der Waals surface area contributed by atoms with Crippen LogP contribution in [0.5, 0.6) is 0 Å². The second-order valence-electron chi connectivity index (χ2n) is 4.93. The highest BCUT2D eigenvalue weighted by molar-refractivity contribution is 7.90. The van der Waals surface area contributed by atoms with E-state index in [-0.39, 0.29) is 24.6 Å². The molecule has 0 atom stereocenters. The Labute approximate surface area is 134 Å². The highest BCUT2D eigenvalue weighted by atomic mass is 35.5. The maximum absolute atomic E-state index is 11.5. The molecule has 7 heteroatoms. The van der Waals surface area contributed by atoms with Crippen molar-refractivity contribution >= 4 is 27.3 Å². The van der Waals surface area contributed by atoms with Gasteiger partial charge in [0.2, 0.25) is 5.91 Å². The lowest BCUT2D eigenvalue weighted by Crippen LogP contribution is -2.24. The summed E-state index contributed by atoms with van der Waals surface area (Å²) in [5, 5.41) is 3.24. The van der Waals surface area contributed by atoms with Gasteiger partial charge in [0, 0.05) is 23.3 Å². The Morgan fingerprint density at radius 2 is 2.05 bits per heavy atom. The molecule has 0 aliphatic carbocycles. The molecular weight excluding hydrogens is 326 g/mol. The number of carbonyl (C=O) groups excluding carboxylic acids is 1. The molecule has 0 unspecified atom stereocenters. The van der Waals surface area contributed by atoms with E-state index >= 15 is 0 Å². The van der Waals surface area contributed by atoms with Gasteiger partial charge < -0.3 is 9.73 Å². The second-order valence-corrected chi connectivity index (χ2v) is 7.63. The molecule has 22 heavy (non-hydrogen) atoms. The molecule has 1 amide bonds. The van der Waals surface area contributed by atoms with Gasteiger partial charge in [-0.15, -0.1) is 0 Å². The minimum absolute atomic E-state index is 0.0549. The molecule has 0 bridgehead atoms. The topological polar surface area (TPSA) is 76.4 Å². The highest BCUT2D eigenvalue weighted by Gasteiger charge is 2.09. The molecule has 0 radical (unpaired) electrons. The van der Waals surface area contributed by atoms with Crippen molar-refractivity contribution in [3.63, 3.8) is 0 Å². The van der Waals surface area contributed by atoms with Gasteiger partial charge in [0.15, 0.2) is 0 Å². The Bertz CT molecular complexity index is 767. The number of amides is 1. The first-order chi connectivity index (χ1) is 10.3. The summed E-state index contributed by atoms with van der Waals surface area (Å²) in [7, 11) is -3.13. The summed E-state index contributed by atoms with van der Waals surface area (Å²) in [5.41, 5.74) is 0.849. The average Bonchev–Trinajstić information content (AvgIpc) is 2.91. The van der Waals surface area contributed by atoms with E-state index in [9.17, 15) is 13.2 Å². The molecule has 1 heterocycles. The van der Waals surface area contributed by atoms with Crippen LogP contribution < -0.4 is 5.32 Å². The van der Waals surface area contributed by atoms with Gasteiger partial charge >= 0.3 is 0 Å². The Hall–Kier alpha value is -1.79. The zero-order chi connectivity index (χ0) is 16.2. The minimum Gasteiger partial charge on any atom is -0.459 e. The number of nitrogens with one attached hydrogen (secondary N) is 1. The van der Waals surface area contributed by atoms with E-state index in [2.05, 4.69) is 5.32 Å². The first kappa shape index (κ1) is 16.6. The summed E-state index contributed by atoms with van der Waals surface area (Å²) in [4.78, 5) is 11.5. The van der Waals surface area contributed by atoms with Gasteiger partial charge in [-0.3, -0.25) is 4.79 Å². The monoisotopic (exact) mass is 341 g/mol. The number of halogens is 1. The van der Waals surface area contributed by atoms with Gasteiger partial charge in [0.1, 0.15) is 21.4 Å². The molecule has 118 valence electrons. The fourth-order valence-electron chi connectivity index (χ4n) is 1.82. The van der Waals surface area contributed by atoms with Crippen molar-refractivity contribution in [3.8, 4) is 11.3 Å². The third kappa shape index (κ3) is 5.20. The van der Waals surface area contributed by atoms with Crippen LogP contribution in [0.3, 0.4) is 0 Å². The number of hydrogen-bond acceptors (Lipinski definition) is 4. The van der Waals surface area contributed by atoms with Crippen molar-refractivity contribution in [1.82, 2.24) is 5.32 Å². The first-order valence-corrected chi connectivity index (χ1v) is 9.06. The number of carbonyl (C=O) groups is 1. The number of hydrogen-bond donors (Lipinski definition) is 1. The van der Waals surface area contributed by atoms with Gasteiger partial charge in [0.05, 0.1) is 12.3 Å². The molecule has 2 aromatic rings. The molecule has 0 aliphatic heterocycles. The van der Waals surface area contributed by atoms with Gasteiger partial charge in [0.25, 0.3) is 0 Å². The largest absolute Gasteiger partial charge is 0.459 e. The zero-order valence-corrected chi connectivity index (χ0v) is 13.6. The quantitative estimate of drug-likeness (QED) is 0.876. The van der Waals surface area contributed by atoms with Crippen molar-refractivity contribution < 1.29 is 17.6 Å². The average molecular weight is 342 g/mol. The van der Waals surface area contributed by atoms with Crippen LogP contribution in [0.4, 0.5) is 0 Å². The molecule has 0 saturated carbocycles. The van der Waals surface area contributed by atoms with E-state index in [4.69, 9.17) is 16.0 Å². The lowest BCUT2D eigenvalue weighted by Gasteiger charge is -2.03. The van der Waals surface area contributed by atoms with Gasteiger partial charge in [-0.2, -0.15) is 0 Å². The SMILES string of the molecule is CS(=O)(=O)CCC(=O)NCc1ccc(-c2cccc(Cl)c2)o1. The summed E-state index contributed by atoms with van der Waals surface area (Å²) in [5.74, 6) is 0.752. The standard InChI is InChI=1S/C15H16ClNO4S/c1-22(19,20)8-7-15(18)17-10-13-5-6-14(21-13)11-3-2-4-12(16)9-11/h2-6,9H,7-8,10H2,1H3,(H,17,18). The highest BCUT2D eigenvalue weighted by Crippen LogP contribution is 2.24. The summed E-state index contributed by atoms with van der Waals surface area (Å²) in [6.45, 7) is 0.211. The molecule has 5 nitrogen and oxygen atoms in total. The van der Waals surface area contributed by atoms with Crippen LogP contribution in [0, 0.1) is 0 Å². The Kier molecular flexibility index (Phi) is 5.26. The van der Waals surface area contributed by atoms with Crippen LogP contribution in [0.15, 0.2) is 40.8 Å². The van der Waals surface area contributed by atoms with Gasteiger partial charge in [-0.1, -0.05) is 23.7 Å². The first-order valence-electron chi connectivity index (χ1n) is 6.62. The van der Waals surface area contributed by atoms with Crippen molar-refractivity contribution in [2.24, 2.45) is 0 Å². The summed E-state index contributed by atoms with van der Waals surface area (Å²) in [6.07, 6.45) is 1.05. The predicted octanol–water partition coefficient (Wildman–Crippen LogP) is 2.65. The third-order valence-electron chi connectivity index (χ3n) is 2.93. The number of benzene rings is 1. The molecule has 0 saturated heterocycles. The molecular formula is C15H16ClNO4S. The molecule has 0 spiro atoms. The fraction of sp³-hybridized carbons (Fsp3) is 0.267. The lowest BCUT2D eigenvalue weighted by molar-refractivity contribution is -0.120.